The van der Waals surface area contributed by atoms with E-state index in [4.69, 9.17) is 11.6 Å². The average molecular weight is 310 g/mol. The lowest BCUT2D eigenvalue weighted by molar-refractivity contribution is -0.123. The minimum absolute atomic E-state index is 0.145. The van der Waals surface area contributed by atoms with Gasteiger partial charge in [-0.05, 0) is 44.0 Å². The fourth-order valence-electron chi connectivity index (χ4n) is 2.36. The van der Waals surface area contributed by atoms with Crippen LogP contribution in [0.25, 0.3) is 0 Å². The lowest BCUT2D eigenvalue weighted by Gasteiger charge is -2.18. The molecule has 0 aromatic heterocycles. The van der Waals surface area contributed by atoms with Gasteiger partial charge in [0.1, 0.15) is 6.04 Å². The second-order valence-corrected chi connectivity index (χ2v) is 5.75. The summed E-state index contributed by atoms with van der Waals surface area (Å²) < 4.78 is 0. The van der Waals surface area contributed by atoms with Crippen LogP contribution in [0, 0.1) is 0 Å². The van der Waals surface area contributed by atoms with Crippen LogP contribution in [0.3, 0.4) is 0 Å². The third-order valence-electron chi connectivity index (χ3n) is 3.54. The van der Waals surface area contributed by atoms with Crippen molar-refractivity contribution in [2.45, 2.75) is 44.7 Å². The van der Waals surface area contributed by atoms with Gasteiger partial charge < -0.3 is 16.0 Å². The predicted molar refractivity (Wildman–Crippen MR) is 83.5 cm³/mol. The molecular weight excluding hydrogens is 290 g/mol. The first-order valence-electron chi connectivity index (χ1n) is 7.18. The Morgan fingerprint density at radius 3 is 2.43 bits per heavy atom. The first-order valence-corrected chi connectivity index (χ1v) is 7.56. The smallest absolute Gasteiger partial charge is 0.319 e. The molecule has 2 rings (SSSR count). The number of carbonyl (C=O) groups excluding carboxylic acids is 2. The summed E-state index contributed by atoms with van der Waals surface area (Å²) >= 11 is 5.77. The molecule has 5 nitrogen and oxygen atoms in total. The van der Waals surface area contributed by atoms with Crippen molar-refractivity contribution in [2.75, 3.05) is 5.32 Å². The van der Waals surface area contributed by atoms with Crippen molar-refractivity contribution in [3.63, 3.8) is 0 Å². The Bertz CT molecular complexity index is 498. The van der Waals surface area contributed by atoms with E-state index in [9.17, 15) is 9.59 Å². The summed E-state index contributed by atoms with van der Waals surface area (Å²) in [7, 11) is 0. The van der Waals surface area contributed by atoms with Crippen molar-refractivity contribution >= 4 is 29.2 Å². The van der Waals surface area contributed by atoms with Gasteiger partial charge in [0.25, 0.3) is 0 Å². The number of benzene rings is 1. The van der Waals surface area contributed by atoms with Gasteiger partial charge in [-0.25, -0.2) is 4.79 Å². The number of halogens is 1. The molecule has 0 bridgehead atoms. The van der Waals surface area contributed by atoms with Crippen LogP contribution in [-0.2, 0) is 4.79 Å². The highest BCUT2D eigenvalue weighted by Gasteiger charge is 2.21. The molecule has 3 amide bonds. The van der Waals surface area contributed by atoms with Crippen molar-refractivity contribution in [1.82, 2.24) is 10.6 Å². The predicted octanol–water partition coefficient (Wildman–Crippen LogP) is 2.91. The van der Waals surface area contributed by atoms with E-state index in [1.165, 1.54) is 0 Å². The van der Waals surface area contributed by atoms with Gasteiger partial charge in [0, 0.05) is 16.8 Å². The van der Waals surface area contributed by atoms with Crippen molar-refractivity contribution in [3.05, 3.63) is 29.3 Å². The Kier molecular flexibility index (Phi) is 5.44. The average Bonchev–Trinajstić information content (AvgIpc) is 2.94. The van der Waals surface area contributed by atoms with Crippen LogP contribution in [0.4, 0.5) is 10.5 Å². The summed E-state index contributed by atoms with van der Waals surface area (Å²) in [5.74, 6) is -0.145. The summed E-state index contributed by atoms with van der Waals surface area (Å²) in [4.78, 5) is 23.8. The SMILES string of the molecule is C[C@H](NC(=O)Nc1ccc(Cl)cc1)C(=O)NC1CCCC1. The van der Waals surface area contributed by atoms with Crippen LogP contribution in [0.5, 0.6) is 0 Å². The topological polar surface area (TPSA) is 70.2 Å². The van der Waals surface area contributed by atoms with Crippen LogP contribution in [0.2, 0.25) is 5.02 Å². The Hall–Kier alpha value is -1.75. The van der Waals surface area contributed by atoms with Gasteiger partial charge in [0.15, 0.2) is 0 Å². The highest BCUT2D eigenvalue weighted by atomic mass is 35.5. The van der Waals surface area contributed by atoms with E-state index < -0.39 is 12.1 Å². The van der Waals surface area contributed by atoms with Gasteiger partial charge >= 0.3 is 6.03 Å². The molecule has 0 unspecified atom stereocenters. The molecule has 0 aliphatic heterocycles. The Morgan fingerprint density at radius 1 is 1.19 bits per heavy atom. The number of urea groups is 1. The third kappa shape index (κ3) is 4.93. The molecule has 0 saturated heterocycles. The molecule has 21 heavy (non-hydrogen) atoms. The zero-order chi connectivity index (χ0) is 15.2. The number of carbonyl (C=O) groups is 2. The molecule has 1 aliphatic carbocycles. The Balaban J connectivity index is 1.78. The summed E-state index contributed by atoms with van der Waals surface area (Å²) in [6.07, 6.45) is 4.36. The summed E-state index contributed by atoms with van der Waals surface area (Å²) in [6, 6.07) is 6.04. The third-order valence-corrected chi connectivity index (χ3v) is 3.80. The maximum atomic E-state index is 12.0. The zero-order valence-corrected chi connectivity index (χ0v) is 12.7. The monoisotopic (exact) mass is 309 g/mol. The van der Waals surface area contributed by atoms with Crippen molar-refractivity contribution in [3.8, 4) is 0 Å². The summed E-state index contributed by atoms with van der Waals surface area (Å²) in [6.45, 7) is 1.67. The van der Waals surface area contributed by atoms with Gasteiger partial charge in [0.2, 0.25) is 5.91 Å². The number of nitrogens with one attached hydrogen (secondary N) is 3. The van der Waals surface area contributed by atoms with Crippen molar-refractivity contribution in [2.24, 2.45) is 0 Å². The number of amides is 3. The van der Waals surface area contributed by atoms with Crippen LogP contribution in [0.1, 0.15) is 32.6 Å². The van der Waals surface area contributed by atoms with Crippen LogP contribution >= 0.6 is 11.6 Å². The molecule has 6 heteroatoms. The molecule has 1 fully saturated rings. The quantitative estimate of drug-likeness (QED) is 0.800. The first kappa shape index (κ1) is 15.6. The van der Waals surface area contributed by atoms with Gasteiger partial charge in [-0.3, -0.25) is 4.79 Å². The van der Waals surface area contributed by atoms with Crippen LogP contribution in [0.15, 0.2) is 24.3 Å². The Labute approximate surface area is 129 Å². The van der Waals surface area contributed by atoms with Crippen molar-refractivity contribution < 1.29 is 9.59 Å². The number of anilines is 1. The van der Waals surface area contributed by atoms with E-state index in [0.29, 0.717) is 10.7 Å². The molecule has 1 aromatic carbocycles. The standard InChI is InChI=1S/C15H20ClN3O2/c1-10(14(20)18-12-4-2-3-5-12)17-15(21)19-13-8-6-11(16)7-9-13/h6-10,12H,2-5H2,1H3,(H,18,20)(H2,17,19,21)/t10-/m0/s1. The van der Waals surface area contributed by atoms with E-state index in [2.05, 4.69) is 16.0 Å². The Morgan fingerprint density at radius 2 is 1.81 bits per heavy atom. The molecule has 0 radical (unpaired) electrons. The fourth-order valence-corrected chi connectivity index (χ4v) is 2.48. The summed E-state index contributed by atoms with van der Waals surface area (Å²) in [5.41, 5.74) is 0.625. The second-order valence-electron chi connectivity index (χ2n) is 5.32. The molecule has 3 N–H and O–H groups in total. The van der Waals surface area contributed by atoms with E-state index in [1.54, 1.807) is 31.2 Å². The number of hydrogen-bond donors (Lipinski definition) is 3. The molecule has 1 atom stereocenters. The molecular formula is C15H20ClN3O2. The zero-order valence-electron chi connectivity index (χ0n) is 12.0. The molecule has 1 aromatic rings. The van der Waals surface area contributed by atoms with Gasteiger partial charge in [-0.2, -0.15) is 0 Å². The maximum absolute atomic E-state index is 12.0. The summed E-state index contributed by atoms with van der Waals surface area (Å²) in [5, 5.41) is 8.84. The molecule has 0 heterocycles. The van der Waals surface area contributed by atoms with Crippen molar-refractivity contribution in [1.29, 1.82) is 0 Å². The molecule has 1 aliphatic rings. The van der Waals surface area contributed by atoms with Gasteiger partial charge in [0.05, 0.1) is 0 Å². The van der Waals surface area contributed by atoms with Crippen LogP contribution < -0.4 is 16.0 Å². The van der Waals surface area contributed by atoms with Gasteiger partial charge in [-0.1, -0.05) is 24.4 Å². The fraction of sp³-hybridized carbons (Fsp3) is 0.467. The second kappa shape index (κ2) is 7.31. The van der Waals surface area contributed by atoms with E-state index in [0.717, 1.165) is 25.7 Å². The maximum Gasteiger partial charge on any atom is 0.319 e. The molecule has 114 valence electrons. The van der Waals surface area contributed by atoms with E-state index >= 15 is 0 Å². The first-order chi connectivity index (χ1) is 10.0. The van der Waals surface area contributed by atoms with E-state index in [1.807, 2.05) is 0 Å². The number of rotatable bonds is 4. The molecule has 1 saturated carbocycles. The minimum Gasteiger partial charge on any atom is -0.352 e. The number of hydrogen-bond acceptors (Lipinski definition) is 2. The van der Waals surface area contributed by atoms with E-state index in [-0.39, 0.29) is 11.9 Å². The lowest BCUT2D eigenvalue weighted by Crippen LogP contribution is -2.48. The lowest BCUT2D eigenvalue weighted by atomic mass is 10.2. The van der Waals surface area contributed by atoms with Gasteiger partial charge in [-0.15, -0.1) is 0 Å². The molecule has 0 spiro atoms. The highest BCUT2D eigenvalue weighted by molar-refractivity contribution is 6.30. The highest BCUT2D eigenvalue weighted by Crippen LogP contribution is 2.17. The normalized spacial score (nSPS) is 16.3. The van der Waals surface area contributed by atoms with Crippen LogP contribution in [-0.4, -0.2) is 24.0 Å². The largest absolute Gasteiger partial charge is 0.352 e. The minimum atomic E-state index is -0.571.